The van der Waals surface area contributed by atoms with Gasteiger partial charge in [0.2, 0.25) is 5.82 Å². The molecule has 3 aromatic rings. The number of ether oxygens (including phenoxy) is 5. The molecule has 1 aliphatic rings. The number of ketones is 1. The summed E-state index contributed by atoms with van der Waals surface area (Å²) in [7, 11) is 3.08. The number of hydrogen-bond donors (Lipinski definition) is 0. The molecule has 0 unspecified atom stereocenters. The van der Waals surface area contributed by atoms with Crippen molar-refractivity contribution in [1.29, 1.82) is 0 Å². The number of hydrogen-bond acceptors (Lipinski definition) is 10. The second-order valence-corrected chi connectivity index (χ2v) is 7.02. The molecule has 0 fully saturated rings. The third-order valence-corrected chi connectivity index (χ3v) is 4.89. The molecule has 2 heterocycles. The normalized spacial score (nSPS) is 12.2. The van der Waals surface area contributed by atoms with Gasteiger partial charge in [0, 0.05) is 18.1 Å². The molecular weight excluding hydrogens is 432 g/mol. The topological polar surface area (TPSA) is 119 Å². The number of Topliss-reactive ketones (excluding diaryl/α,β-unsaturated/α-hetero) is 1. The molecule has 33 heavy (non-hydrogen) atoms. The van der Waals surface area contributed by atoms with E-state index in [1.807, 2.05) is 0 Å². The van der Waals surface area contributed by atoms with E-state index in [-0.39, 0.29) is 36.9 Å². The molecule has 1 aliphatic heterocycles. The molecule has 0 saturated heterocycles. The number of aromatic nitrogens is 2. The number of carbonyl (C=O) groups excluding carboxylic acids is 2. The number of nitrogens with zero attached hydrogens (tertiary/aromatic N) is 2. The molecule has 4 rings (SSSR count). The van der Waals surface area contributed by atoms with E-state index in [0.717, 1.165) is 0 Å². The number of carbonyl (C=O) groups is 2. The molecule has 0 saturated carbocycles. The van der Waals surface area contributed by atoms with E-state index < -0.39 is 5.97 Å². The van der Waals surface area contributed by atoms with Crippen molar-refractivity contribution >= 4 is 11.8 Å². The first-order valence-electron chi connectivity index (χ1n) is 10.2. The predicted octanol–water partition coefficient (Wildman–Crippen LogP) is 3.23. The van der Waals surface area contributed by atoms with Crippen molar-refractivity contribution in [3.05, 3.63) is 47.9 Å². The largest absolute Gasteiger partial charge is 0.497 e. The average molecular weight is 454 g/mol. The second-order valence-electron chi connectivity index (χ2n) is 7.02. The van der Waals surface area contributed by atoms with Crippen LogP contribution in [0.1, 0.15) is 29.1 Å². The number of benzene rings is 2. The van der Waals surface area contributed by atoms with E-state index >= 15 is 0 Å². The van der Waals surface area contributed by atoms with Crippen molar-refractivity contribution in [1.82, 2.24) is 10.1 Å². The standard InChI is InChI=1S/C23H22N2O8/c1-28-15-4-5-16(19(12-15)29-2)23-24-21(33-25-23)13-32-22(27)8-6-17(26)14-3-7-18-20(11-14)31-10-9-30-18/h3-5,7,11-12H,6,8-10,13H2,1-2H3. The van der Waals surface area contributed by atoms with E-state index in [0.29, 0.717) is 47.3 Å². The highest BCUT2D eigenvalue weighted by molar-refractivity contribution is 5.98. The van der Waals surface area contributed by atoms with Crippen LogP contribution in [0.2, 0.25) is 0 Å². The summed E-state index contributed by atoms with van der Waals surface area (Å²) in [5.74, 6) is 1.91. The maximum absolute atomic E-state index is 12.4. The Hall–Kier alpha value is -4.08. The zero-order valence-electron chi connectivity index (χ0n) is 18.2. The van der Waals surface area contributed by atoms with Gasteiger partial charge in [-0.15, -0.1) is 0 Å². The zero-order valence-corrected chi connectivity index (χ0v) is 18.2. The minimum atomic E-state index is -0.553. The first kappa shape index (κ1) is 22.1. The van der Waals surface area contributed by atoms with Crippen molar-refractivity contribution in [2.45, 2.75) is 19.4 Å². The highest BCUT2D eigenvalue weighted by Crippen LogP contribution is 2.32. The molecule has 10 heteroatoms. The average Bonchev–Trinajstić information content (AvgIpc) is 3.34. The zero-order chi connectivity index (χ0) is 23.2. The van der Waals surface area contributed by atoms with Gasteiger partial charge in [-0.1, -0.05) is 5.16 Å². The van der Waals surface area contributed by atoms with Gasteiger partial charge in [-0.2, -0.15) is 4.98 Å². The van der Waals surface area contributed by atoms with Crippen LogP contribution in [0.15, 0.2) is 40.9 Å². The fourth-order valence-corrected chi connectivity index (χ4v) is 3.20. The smallest absolute Gasteiger partial charge is 0.306 e. The van der Waals surface area contributed by atoms with Gasteiger partial charge in [0.25, 0.3) is 5.89 Å². The lowest BCUT2D eigenvalue weighted by atomic mass is 10.1. The fraction of sp³-hybridized carbons (Fsp3) is 0.304. The minimum Gasteiger partial charge on any atom is -0.497 e. The van der Waals surface area contributed by atoms with Gasteiger partial charge < -0.3 is 28.2 Å². The van der Waals surface area contributed by atoms with Crippen molar-refractivity contribution in [3.63, 3.8) is 0 Å². The Bertz CT molecular complexity index is 1160. The first-order chi connectivity index (χ1) is 16.1. The van der Waals surface area contributed by atoms with Crippen molar-refractivity contribution in [3.8, 4) is 34.4 Å². The maximum atomic E-state index is 12.4. The van der Waals surface area contributed by atoms with Crippen LogP contribution in [0.3, 0.4) is 0 Å². The van der Waals surface area contributed by atoms with E-state index in [1.54, 1.807) is 43.5 Å². The van der Waals surface area contributed by atoms with Crippen LogP contribution in [0, 0.1) is 0 Å². The van der Waals surface area contributed by atoms with Crippen LogP contribution in [0.5, 0.6) is 23.0 Å². The summed E-state index contributed by atoms with van der Waals surface area (Å²) in [6.07, 6.45) is -0.0861. The van der Waals surface area contributed by atoms with Gasteiger partial charge in [0.05, 0.1) is 26.2 Å². The molecule has 0 amide bonds. The summed E-state index contributed by atoms with van der Waals surface area (Å²) in [5.41, 5.74) is 1.05. The maximum Gasteiger partial charge on any atom is 0.306 e. The van der Waals surface area contributed by atoms with Gasteiger partial charge in [-0.05, 0) is 30.3 Å². The quantitative estimate of drug-likeness (QED) is 0.352. The van der Waals surface area contributed by atoms with Gasteiger partial charge in [0.15, 0.2) is 23.9 Å². The van der Waals surface area contributed by atoms with Crippen molar-refractivity contribution in [2.75, 3.05) is 27.4 Å². The molecule has 10 nitrogen and oxygen atoms in total. The van der Waals surface area contributed by atoms with Crippen LogP contribution >= 0.6 is 0 Å². The Labute approximate surface area is 189 Å². The fourth-order valence-electron chi connectivity index (χ4n) is 3.20. The molecule has 2 aromatic carbocycles. The van der Waals surface area contributed by atoms with E-state index in [4.69, 9.17) is 28.2 Å². The minimum absolute atomic E-state index is 0.00337. The Morgan fingerprint density at radius 3 is 2.58 bits per heavy atom. The van der Waals surface area contributed by atoms with Crippen LogP contribution in [0.25, 0.3) is 11.4 Å². The summed E-state index contributed by atoms with van der Waals surface area (Å²) in [6, 6.07) is 10.1. The lowest BCUT2D eigenvalue weighted by Crippen LogP contribution is -2.16. The molecule has 0 spiro atoms. The van der Waals surface area contributed by atoms with Gasteiger partial charge in [-0.25, -0.2) is 0 Å². The molecule has 0 N–H and O–H groups in total. The van der Waals surface area contributed by atoms with E-state index in [1.165, 1.54) is 7.11 Å². The Balaban J connectivity index is 1.29. The predicted molar refractivity (Wildman–Crippen MR) is 114 cm³/mol. The SMILES string of the molecule is COc1ccc(-c2noc(COC(=O)CCC(=O)c3ccc4c(c3)OCCO4)n2)c(OC)c1. The number of esters is 1. The third-order valence-electron chi connectivity index (χ3n) is 4.89. The summed E-state index contributed by atoms with van der Waals surface area (Å²) in [5, 5.41) is 3.90. The van der Waals surface area contributed by atoms with Gasteiger partial charge in [0.1, 0.15) is 24.7 Å². The Kier molecular flexibility index (Phi) is 6.72. The number of fused-ring (bicyclic) bond motifs is 1. The van der Waals surface area contributed by atoms with Gasteiger partial charge >= 0.3 is 5.97 Å². The van der Waals surface area contributed by atoms with Crippen molar-refractivity contribution in [2.24, 2.45) is 0 Å². The number of methoxy groups -OCH3 is 2. The van der Waals surface area contributed by atoms with Crippen LogP contribution < -0.4 is 18.9 Å². The second kappa shape index (κ2) is 10.0. The lowest BCUT2D eigenvalue weighted by Gasteiger charge is -2.18. The van der Waals surface area contributed by atoms with Gasteiger partial charge in [-0.3, -0.25) is 9.59 Å². The van der Waals surface area contributed by atoms with Crippen LogP contribution in [-0.2, 0) is 16.1 Å². The number of rotatable bonds is 9. The molecule has 1 aromatic heterocycles. The summed E-state index contributed by atoms with van der Waals surface area (Å²) in [6.45, 7) is 0.698. The molecule has 0 aliphatic carbocycles. The van der Waals surface area contributed by atoms with Crippen LogP contribution in [0.4, 0.5) is 0 Å². The highest BCUT2D eigenvalue weighted by atomic mass is 16.6. The molecule has 0 radical (unpaired) electrons. The highest BCUT2D eigenvalue weighted by Gasteiger charge is 2.18. The third kappa shape index (κ3) is 5.22. The molecule has 0 atom stereocenters. The van der Waals surface area contributed by atoms with Crippen LogP contribution in [-0.4, -0.2) is 49.3 Å². The summed E-state index contributed by atoms with van der Waals surface area (Å²) >= 11 is 0. The summed E-state index contributed by atoms with van der Waals surface area (Å²) < 4.78 is 31.8. The summed E-state index contributed by atoms with van der Waals surface area (Å²) in [4.78, 5) is 28.7. The lowest BCUT2D eigenvalue weighted by molar-refractivity contribution is -0.145. The Morgan fingerprint density at radius 2 is 1.79 bits per heavy atom. The van der Waals surface area contributed by atoms with Crippen molar-refractivity contribution < 1.29 is 37.8 Å². The van der Waals surface area contributed by atoms with E-state index in [2.05, 4.69) is 10.1 Å². The molecule has 172 valence electrons. The monoisotopic (exact) mass is 454 g/mol. The van der Waals surface area contributed by atoms with E-state index in [9.17, 15) is 9.59 Å². The molecular formula is C23H22N2O8. The molecule has 0 bridgehead atoms. The Morgan fingerprint density at radius 1 is 0.970 bits per heavy atom. The first-order valence-corrected chi connectivity index (χ1v) is 10.2.